The first-order chi connectivity index (χ1) is 34.3. The van der Waals surface area contributed by atoms with Gasteiger partial charge in [-0.15, -0.1) is 0 Å². The minimum atomic E-state index is -0.399. The number of hydrogen-bond acceptors (Lipinski definition) is 3. The van der Waals surface area contributed by atoms with Crippen molar-refractivity contribution >= 4 is 77.2 Å². The third kappa shape index (κ3) is 6.12. The van der Waals surface area contributed by atoms with E-state index in [-0.39, 0.29) is 0 Å². The van der Waals surface area contributed by atoms with Gasteiger partial charge in [0.05, 0.1) is 38.8 Å². The molecule has 0 saturated heterocycles. The fraction of sp³-hybridized carbons (Fsp3) is 0.0159. The van der Waals surface area contributed by atoms with Crippen molar-refractivity contribution in [3.8, 4) is 33.6 Å². The molecule has 1 N–H and O–H groups in total. The standard InChI is InChI=1S/C63H42N6/c1-5-20-41(21-6-1)44-26-19-27-45(40-44)62-64-61(43-24-9-3-10-25-43)65-63(66-62)69-53-34-17-14-31-48(53)50-37-36-49-47-30-13-16-33-52(47)68(59(49)60(50)69)55-38-39-56-58(57(55)42-22-7-2-8-23-42)51-32-15-18-35-54(51)67(56)46-28-11-4-12-29-46/h1-40,61H,(H,64,65,66). The third-order valence-corrected chi connectivity index (χ3v) is 13.9. The number of nitrogens with zero attached hydrogens (tertiary/aromatic N) is 5. The van der Waals surface area contributed by atoms with Crippen molar-refractivity contribution in [1.82, 2.24) is 19.0 Å². The third-order valence-electron chi connectivity index (χ3n) is 13.9. The van der Waals surface area contributed by atoms with Crippen molar-refractivity contribution in [2.24, 2.45) is 9.98 Å². The number of amidine groups is 1. The summed E-state index contributed by atoms with van der Waals surface area (Å²) < 4.78 is 7.29. The molecule has 0 bridgehead atoms. The molecule has 0 saturated carbocycles. The van der Waals surface area contributed by atoms with Crippen molar-refractivity contribution in [1.29, 1.82) is 0 Å². The van der Waals surface area contributed by atoms with Crippen LogP contribution in [0.5, 0.6) is 0 Å². The van der Waals surface area contributed by atoms with Crippen LogP contribution in [0, 0.1) is 0 Å². The van der Waals surface area contributed by atoms with E-state index in [9.17, 15) is 0 Å². The molecule has 0 radical (unpaired) electrons. The summed E-state index contributed by atoms with van der Waals surface area (Å²) >= 11 is 0. The van der Waals surface area contributed by atoms with Crippen LogP contribution in [0.1, 0.15) is 17.3 Å². The number of aliphatic imine (C=N–C) groups is 2. The zero-order valence-corrected chi connectivity index (χ0v) is 37.4. The number of benzene rings is 10. The van der Waals surface area contributed by atoms with Crippen LogP contribution in [0.15, 0.2) is 253 Å². The first-order valence-electron chi connectivity index (χ1n) is 23.5. The maximum Gasteiger partial charge on any atom is 0.212 e. The fourth-order valence-electron chi connectivity index (χ4n) is 10.9. The Bertz CT molecular complexity index is 4200. The first-order valence-corrected chi connectivity index (χ1v) is 23.5. The maximum atomic E-state index is 5.55. The normalized spacial score (nSPS) is 13.9. The minimum absolute atomic E-state index is 0.399. The highest BCUT2D eigenvalue weighted by molar-refractivity contribution is 6.27. The van der Waals surface area contributed by atoms with E-state index in [0.29, 0.717) is 11.8 Å². The molecule has 1 atom stereocenters. The number of para-hydroxylation sites is 4. The van der Waals surface area contributed by atoms with E-state index in [4.69, 9.17) is 9.98 Å². The molecule has 69 heavy (non-hydrogen) atoms. The number of aromatic nitrogens is 3. The second kappa shape index (κ2) is 15.7. The van der Waals surface area contributed by atoms with E-state index in [2.05, 4.69) is 262 Å². The van der Waals surface area contributed by atoms with Crippen molar-refractivity contribution < 1.29 is 0 Å². The quantitative estimate of drug-likeness (QED) is 0.178. The van der Waals surface area contributed by atoms with Crippen LogP contribution in [0.3, 0.4) is 0 Å². The van der Waals surface area contributed by atoms with Gasteiger partial charge < -0.3 is 14.5 Å². The molecule has 0 aliphatic carbocycles. The zero-order valence-electron chi connectivity index (χ0n) is 37.4. The highest BCUT2D eigenvalue weighted by atomic mass is 15.3. The van der Waals surface area contributed by atoms with Crippen LogP contribution in [-0.2, 0) is 0 Å². The van der Waals surface area contributed by atoms with Gasteiger partial charge in [-0.05, 0) is 70.8 Å². The Morgan fingerprint density at radius 1 is 0.362 bits per heavy atom. The lowest BCUT2D eigenvalue weighted by Crippen LogP contribution is -2.37. The monoisotopic (exact) mass is 882 g/mol. The van der Waals surface area contributed by atoms with Crippen molar-refractivity contribution in [3.05, 3.63) is 254 Å². The van der Waals surface area contributed by atoms with Gasteiger partial charge in [-0.3, -0.25) is 4.57 Å². The molecule has 0 fully saturated rings. The molecule has 6 nitrogen and oxygen atoms in total. The molecule has 13 aromatic rings. The van der Waals surface area contributed by atoms with Gasteiger partial charge in [0.15, 0.2) is 5.84 Å². The molecule has 4 heterocycles. The minimum Gasteiger partial charge on any atom is -0.330 e. The van der Waals surface area contributed by atoms with Crippen molar-refractivity contribution in [3.63, 3.8) is 0 Å². The number of fused-ring (bicyclic) bond motifs is 10. The maximum absolute atomic E-state index is 5.55. The fourth-order valence-corrected chi connectivity index (χ4v) is 10.9. The smallest absolute Gasteiger partial charge is 0.212 e. The highest BCUT2D eigenvalue weighted by Gasteiger charge is 2.29. The summed E-state index contributed by atoms with van der Waals surface area (Å²) in [4.78, 5) is 10.9. The Hall–Kier alpha value is -9.26. The average Bonchev–Trinajstić information content (AvgIpc) is 4.07. The highest BCUT2D eigenvalue weighted by Crippen LogP contribution is 2.46. The summed E-state index contributed by atoms with van der Waals surface area (Å²) in [7, 11) is 0. The van der Waals surface area contributed by atoms with E-state index < -0.39 is 6.17 Å². The molecule has 1 aliphatic heterocycles. The van der Waals surface area contributed by atoms with E-state index >= 15 is 0 Å². The Kier molecular flexibility index (Phi) is 8.86. The Morgan fingerprint density at radius 2 is 0.884 bits per heavy atom. The van der Waals surface area contributed by atoms with Crippen LogP contribution >= 0.6 is 0 Å². The van der Waals surface area contributed by atoms with E-state index in [1.807, 2.05) is 0 Å². The largest absolute Gasteiger partial charge is 0.330 e. The Balaban J connectivity index is 1.10. The number of rotatable bonds is 6. The summed E-state index contributed by atoms with van der Waals surface area (Å²) in [6.07, 6.45) is -0.399. The molecule has 6 heteroatoms. The lowest BCUT2D eigenvalue weighted by molar-refractivity contribution is 0.661. The summed E-state index contributed by atoms with van der Waals surface area (Å²) in [6.45, 7) is 0. The molecule has 10 aromatic carbocycles. The molecule has 324 valence electrons. The van der Waals surface area contributed by atoms with Gasteiger partial charge in [0, 0.05) is 49.1 Å². The van der Waals surface area contributed by atoms with Gasteiger partial charge in [-0.1, -0.05) is 194 Å². The van der Waals surface area contributed by atoms with Gasteiger partial charge in [0.1, 0.15) is 6.17 Å². The van der Waals surface area contributed by atoms with Gasteiger partial charge in [0.25, 0.3) is 0 Å². The van der Waals surface area contributed by atoms with Crippen LogP contribution < -0.4 is 5.32 Å². The Morgan fingerprint density at radius 3 is 1.57 bits per heavy atom. The second-order valence-electron chi connectivity index (χ2n) is 17.8. The van der Waals surface area contributed by atoms with Crippen LogP contribution in [-0.4, -0.2) is 25.5 Å². The molecule has 1 unspecified atom stereocenters. The van der Waals surface area contributed by atoms with Crippen LogP contribution in [0.25, 0.3) is 99.0 Å². The molecular weight excluding hydrogens is 841 g/mol. The predicted octanol–water partition coefficient (Wildman–Crippen LogP) is 15.3. The van der Waals surface area contributed by atoms with E-state index in [1.165, 1.54) is 27.2 Å². The molecule has 0 spiro atoms. The summed E-state index contributed by atoms with van der Waals surface area (Å²) in [5.74, 6) is 1.37. The Labute approximate surface area is 398 Å². The van der Waals surface area contributed by atoms with Gasteiger partial charge in [0.2, 0.25) is 5.96 Å². The molecule has 14 rings (SSSR count). The molecule has 3 aromatic heterocycles. The summed E-state index contributed by atoms with van der Waals surface area (Å²) in [6, 6.07) is 86.9. The zero-order chi connectivity index (χ0) is 45.4. The summed E-state index contributed by atoms with van der Waals surface area (Å²) in [5.41, 5.74) is 15.5. The van der Waals surface area contributed by atoms with Crippen molar-refractivity contribution in [2.45, 2.75) is 6.17 Å². The first kappa shape index (κ1) is 39.0. The average molecular weight is 883 g/mol. The lowest BCUT2D eigenvalue weighted by Gasteiger charge is -2.25. The van der Waals surface area contributed by atoms with E-state index in [1.54, 1.807) is 0 Å². The van der Waals surface area contributed by atoms with Gasteiger partial charge in [-0.25, -0.2) is 4.99 Å². The molecule has 0 amide bonds. The molecular formula is C63H42N6. The summed E-state index contributed by atoms with van der Waals surface area (Å²) in [5, 5.41) is 10.9. The van der Waals surface area contributed by atoms with Crippen LogP contribution in [0.4, 0.5) is 0 Å². The lowest BCUT2D eigenvalue weighted by atomic mass is 9.97. The number of hydrogen-bond donors (Lipinski definition) is 1. The van der Waals surface area contributed by atoms with Gasteiger partial charge in [-0.2, -0.15) is 4.99 Å². The SMILES string of the molecule is c1ccc(-c2cccc(C3=NC(c4ccccc4)NC(n4c5ccccc5c5ccc6c7ccccc7n(-c7ccc8c(c7-c7ccccc7)c7ccccc7n8-c7ccccc7)c6c54)=N3)c2)cc1. The topological polar surface area (TPSA) is 51.5 Å². The van der Waals surface area contributed by atoms with Crippen molar-refractivity contribution in [2.75, 3.05) is 0 Å². The van der Waals surface area contributed by atoms with Gasteiger partial charge >= 0.3 is 0 Å². The van der Waals surface area contributed by atoms with E-state index in [0.717, 1.165) is 82.9 Å². The molecule has 1 aliphatic rings. The number of nitrogens with one attached hydrogen (secondary N) is 1. The predicted molar refractivity (Wildman–Crippen MR) is 287 cm³/mol. The second-order valence-corrected chi connectivity index (χ2v) is 17.8. The van der Waals surface area contributed by atoms with Crippen LogP contribution in [0.2, 0.25) is 0 Å².